The van der Waals surface area contributed by atoms with Crippen LogP contribution in [-0.2, 0) is 0 Å². The van der Waals surface area contributed by atoms with Gasteiger partial charge in [0.15, 0.2) is 23.3 Å². The lowest BCUT2D eigenvalue weighted by atomic mass is 9.93. The quantitative estimate of drug-likeness (QED) is 0.467. The predicted octanol–water partition coefficient (Wildman–Crippen LogP) is 4.22. The summed E-state index contributed by atoms with van der Waals surface area (Å²) in [4.78, 5) is 1.77. The van der Waals surface area contributed by atoms with E-state index in [2.05, 4.69) is 5.32 Å². The normalized spacial score (nSPS) is 16.5. The maximum atomic E-state index is 14.1. The third-order valence-corrected chi connectivity index (χ3v) is 3.86. The van der Waals surface area contributed by atoms with E-state index in [1.807, 2.05) is 13.8 Å². The molecular weight excluding hydrogens is 374 g/mol. The van der Waals surface area contributed by atoms with Crippen molar-refractivity contribution in [3.63, 3.8) is 0 Å². The first kappa shape index (κ1) is 23.4. The Morgan fingerprint density at radius 3 is 1.67 bits per heavy atom. The first-order chi connectivity index (χ1) is 10.3. The van der Waals surface area contributed by atoms with Gasteiger partial charge in [0.2, 0.25) is 5.82 Å². The van der Waals surface area contributed by atoms with Gasteiger partial charge in [-0.15, -0.1) is 24.8 Å². The van der Waals surface area contributed by atoms with Crippen LogP contribution >= 0.6 is 24.8 Å². The molecule has 1 aliphatic heterocycles. The van der Waals surface area contributed by atoms with Crippen molar-refractivity contribution in [3.05, 3.63) is 34.6 Å². The molecule has 24 heavy (non-hydrogen) atoms. The van der Waals surface area contributed by atoms with Crippen LogP contribution in [-0.4, -0.2) is 31.1 Å². The summed E-state index contributed by atoms with van der Waals surface area (Å²) in [6.45, 7) is 5.92. The minimum absolute atomic E-state index is 0. The number of hydrogen-bond donors (Lipinski definition) is 1. The van der Waals surface area contributed by atoms with E-state index in [4.69, 9.17) is 0 Å². The summed E-state index contributed by atoms with van der Waals surface area (Å²) in [6, 6.07) is -0.827. The first-order valence-electron chi connectivity index (χ1n) is 7.30. The first-order valence-corrected chi connectivity index (χ1v) is 7.30. The summed E-state index contributed by atoms with van der Waals surface area (Å²) in [7, 11) is 0. The van der Waals surface area contributed by atoms with Gasteiger partial charge in [-0.1, -0.05) is 13.8 Å². The standard InChI is InChI=1S/C15H19F5N2.2ClH/c1-8(2)7-9(22-5-3-21-4-6-22)10-11(16)13(18)15(20)14(19)12(10)17;;/h8-9,21H,3-7H2,1-2H3;2*1H/t9-;;/m0../s1. The summed E-state index contributed by atoms with van der Waals surface area (Å²) >= 11 is 0. The van der Waals surface area contributed by atoms with Crippen LogP contribution in [0.25, 0.3) is 0 Å². The highest BCUT2D eigenvalue weighted by Gasteiger charge is 2.34. The summed E-state index contributed by atoms with van der Waals surface area (Å²) in [5.74, 6) is -9.26. The number of nitrogens with one attached hydrogen (secondary N) is 1. The molecule has 0 bridgehead atoms. The Morgan fingerprint density at radius 1 is 0.833 bits per heavy atom. The molecule has 1 N–H and O–H groups in total. The molecule has 9 heteroatoms. The van der Waals surface area contributed by atoms with Gasteiger partial charge in [-0.05, 0) is 12.3 Å². The van der Waals surface area contributed by atoms with E-state index >= 15 is 0 Å². The van der Waals surface area contributed by atoms with Crippen LogP contribution in [0.1, 0.15) is 31.9 Å². The minimum Gasteiger partial charge on any atom is -0.314 e. The Labute approximate surface area is 150 Å². The number of benzene rings is 1. The van der Waals surface area contributed by atoms with Crippen molar-refractivity contribution in [2.45, 2.75) is 26.3 Å². The van der Waals surface area contributed by atoms with Crippen molar-refractivity contribution in [2.75, 3.05) is 26.2 Å². The van der Waals surface area contributed by atoms with E-state index in [0.29, 0.717) is 32.6 Å². The fraction of sp³-hybridized carbons (Fsp3) is 0.600. The van der Waals surface area contributed by atoms with Crippen LogP contribution in [0.3, 0.4) is 0 Å². The van der Waals surface area contributed by atoms with E-state index in [1.54, 1.807) is 4.90 Å². The highest BCUT2D eigenvalue weighted by Crippen LogP contribution is 2.35. The third-order valence-electron chi connectivity index (χ3n) is 3.86. The lowest BCUT2D eigenvalue weighted by Crippen LogP contribution is -2.46. The molecule has 0 saturated carbocycles. The molecule has 2 nitrogen and oxygen atoms in total. The van der Waals surface area contributed by atoms with Crippen molar-refractivity contribution in [3.8, 4) is 0 Å². The predicted molar refractivity (Wildman–Crippen MR) is 87.4 cm³/mol. The highest BCUT2D eigenvalue weighted by atomic mass is 35.5. The van der Waals surface area contributed by atoms with Crippen molar-refractivity contribution in [1.29, 1.82) is 0 Å². The Balaban J connectivity index is 0.00000264. The zero-order chi connectivity index (χ0) is 16.4. The Morgan fingerprint density at radius 2 is 1.25 bits per heavy atom. The SMILES string of the molecule is CC(C)C[C@@H](c1c(F)c(F)c(F)c(F)c1F)N1CCNCC1.Cl.Cl. The van der Waals surface area contributed by atoms with Crippen LogP contribution in [0.15, 0.2) is 0 Å². The van der Waals surface area contributed by atoms with E-state index in [-0.39, 0.29) is 30.7 Å². The van der Waals surface area contributed by atoms with Gasteiger partial charge in [0, 0.05) is 37.8 Å². The van der Waals surface area contributed by atoms with Crippen molar-refractivity contribution < 1.29 is 22.0 Å². The van der Waals surface area contributed by atoms with Crippen LogP contribution in [0.2, 0.25) is 0 Å². The summed E-state index contributed by atoms with van der Waals surface area (Å²) in [6.07, 6.45) is 0.318. The average Bonchev–Trinajstić information content (AvgIpc) is 2.50. The van der Waals surface area contributed by atoms with Gasteiger partial charge in [0.25, 0.3) is 0 Å². The lowest BCUT2D eigenvalue weighted by Gasteiger charge is -2.36. The molecule has 1 atom stereocenters. The van der Waals surface area contributed by atoms with E-state index < -0.39 is 40.7 Å². The molecular formula is C15H21Cl2F5N2. The van der Waals surface area contributed by atoms with Gasteiger partial charge >= 0.3 is 0 Å². The third kappa shape index (κ3) is 4.71. The summed E-state index contributed by atoms with van der Waals surface area (Å²) in [5.41, 5.74) is -0.716. The number of nitrogens with zero attached hydrogens (tertiary/aromatic N) is 1. The Bertz CT molecular complexity index is 522. The monoisotopic (exact) mass is 394 g/mol. The van der Waals surface area contributed by atoms with E-state index in [0.717, 1.165) is 0 Å². The van der Waals surface area contributed by atoms with Crippen molar-refractivity contribution >= 4 is 24.8 Å². The van der Waals surface area contributed by atoms with Gasteiger partial charge in [-0.3, -0.25) is 4.90 Å². The van der Waals surface area contributed by atoms with Gasteiger partial charge in [-0.25, -0.2) is 22.0 Å². The smallest absolute Gasteiger partial charge is 0.200 e. The zero-order valence-corrected chi connectivity index (χ0v) is 15.0. The second-order valence-electron chi connectivity index (χ2n) is 5.91. The molecule has 1 fully saturated rings. The van der Waals surface area contributed by atoms with Gasteiger partial charge < -0.3 is 5.32 Å². The van der Waals surface area contributed by atoms with Crippen molar-refractivity contribution in [2.24, 2.45) is 5.92 Å². The van der Waals surface area contributed by atoms with Crippen LogP contribution < -0.4 is 5.32 Å². The van der Waals surface area contributed by atoms with E-state index in [9.17, 15) is 22.0 Å². The topological polar surface area (TPSA) is 15.3 Å². The largest absolute Gasteiger partial charge is 0.314 e. The zero-order valence-electron chi connectivity index (χ0n) is 13.3. The number of piperazine rings is 1. The molecule has 1 aliphatic rings. The minimum atomic E-state index is -2.11. The second kappa shape index (κ2) is 9.75. The Kier molecular flexibility index (Phi) is 9.49. The molecule has 1 aromatic rings. The number of halogens is 7. The molecule has 2 rings (SSSR count). The second-order valence-corrected chi connectivity index (χ2v) is 5.91. The van der Waals surface area contributed by atoms with Gasteiger partial charge in [-0.2, -0.15) is 0 Å². The maximum Gasteiger partial charge on any atom is 0.200 e. The molecule has 0 unspecified atom stereocenters. The average molecular weight is 395 g/mol. The molecule has 1 saturated heterocycles. The summed E-state index contributed by atoms with van der Waals surface area (Å²) in [5, 5.41) is 3.10. The molecule has 1 aromatic carbocycles. The fourth-order valence-electron chi connectivity index (χ4n) is 2.80. The lowest BCUT2D eigenvalue weighted by molar-refractivity contribution is 0.145. The molecule has 0 radical (unpaired) electrons. The molecule has 0 aliphatic carbocycles. The summed E-state index contributed by atoms with van der Waals surface area (Å²) < 4.78 is 68.4. The number of rotatable bonds is 4. The highest BCUT2D eigenvalue weighted by molar-refractivity contribution is 5.85. The molecule has 0 amide bonds. The molecule has 140 valence electrons. The van der Waals surface area contributed by atoms with Crippen LogP contribution in [0.5, 0.6) is 0 Å². The molecule has 0 aromatic heterocycles. The molecule has 1 heterocycles. The van der Waals surface area contributed by atoms with Crippen LogP contribution in [0, 0.1) is 35.0 Å². The molecule has 0 spiro atoms. The van der Waals surface area contributed by atoms with Crippen molar-refractivity contribution in [1.82, 2.24) is 10.2 Å². The maximum absolute atomic E-state index is 14.1. The van der Waals surface area contributed by atoms with Crippen LogP contribution in [0.4, 0.5) is 22.0 Å². The van der Waals surface area contributed by atoms with E-state index in [1.165, 1.54) is 0 Å². The van der Waals surface area contributed by atoms with Gasteiger partial charge in [0.1, 0.15) is 0 Å². The fourth-order valence-corrected chi connectivity index (χ4v) is 2.80. The Hall–Kier alpha value is -0.630. The number of hydrogen-bond acceptors (Lipinski definition) is 2. The van der Waals surface area contributed by atoms with Gasteiger partial charge in [0.05, 0.1) is 0 Å².